The Morgan fingerprint density at radius 3 is 2.79 bits per heavy atom. The molecule has 3 N–H and O–H groups in total. The van der Waals surface area contributed by atoms with Gasteiger partial charge in [-0.15, -0.1) is 0 Å². The fourth-order valence-electron chi connectivity index (χ4n) is 2.27. The molecule has 4 nitrogen and oxygen atoms in total. The second-order valence-corrected chi connectivity index (χ2v) is 5.01. The molecule has 104 valence electrons. The van der Waals surface area contributed by atoms with Crippen LogP contribution in [0.4, 0.5) is 10.1 Å². The van der Waals surface area contributed by atoms with Crippen molar-refractivity contribution in [2.75, 3.05) is 25.1 Å². The summed E-state index contributed by atoms with van der Waals surface area (Å²) in [5.41, 5.74) is 6.50. The lowest BCUT2D eigenvalue weighted by molar-refractivity contribution is -0.130. The van der Waals surface area contributed by atoms with Crippen LogP contribution in [0.25, 0.3) is 0 Å². The molecule has 0 aliphatic carbocycles. The SMILES string of the molecule is Cc1ccc(F)cc1NC(=O)C1(CN)CCOCC1. The minimum Gasteiger partial charge on any atom is -0.381 e. The smallest absolute Gasteiger partial charge is 0.232 e. The fraction of sp³-hybridized carbons (Fsp3) is 0.500. The Morgan fingerprint density at radius 2 is 2.16 bits per heavy atom. The van der Waals surface area contributed by atoms with Gasteiger partial charge in [0, 0.05) is 25.4 Å². The molecular formula is C14H19FN2O2. The van der Waals surface area contributed by atoms with Crippen molar-refractivity contribution >= 4 is 11.6 Å². The number of hydrogen-bond donors (Lipinski definition) is 2. The van der Waals surface area contributed by atoms with E-state index in [0.717, 1.165) is 5.56 Å². The zero-order chi connectivity index (χ0) is 13.9. The molecule has 1 heterocycles. The van der Waals surface area contributed by atoms with E-state index in [4.69, 9.17) is 10.5 Å². The van der Waals surface area contributed by atoms with Gasteiger partial charge in [0.05, 0.1) is 5.41 Å². The molecule has 1 aliphatic heterocycles. The first-order valence-corrected chi connectivity index (χ1v) is 6.43. The first kappa shape index (κ1) is 14.0. The third-order valence-corrected chi connectivity index (χ3v) is 3.77. The second-order valence-electron chi connectivity index (χ2n) is 5.01. The van der Waals surface area contributed by atoms with Crippen LogP contribution in [-0.4, -0.2) is 25.7 Å². The molecule has 1 fully saturated rings. The third-order valence-electron chi connectivity index (χ3n) is 3.77. The van der Waals surface area contributed by atoms with Crippen molar-refractivity contribution in [3.05, 3.63) is 29.6 Å². The zero-order valence-corrected chi connectivity index (χ0v) is 11.0. The summed E-state index contributed by atoms with van der Waals surface area (Å²) in [7, 11) is 0. The molecule has 1 amide bonds. The van der Waals surface area contributed by atoms with E-state index in [1.54, 1.807) is 6.07 Å². The molecule has 1 aliphatic rings. The van der Waals surface area contributed by atoms with Gasteiger partial charge >= 0.3 is 0 Å². The van der Waals surface area contributed by atoms with Crippen LogP contribution < -0.4 is 11.1 Å². The Balaban J connectivity index is 2.17. The first-order chi connectivity index (χ1) is 9.07. The molecule has 1 saturated heterocycles. The summed E-state index contributed by atoms with van der Waals surface area (Å²) in [6.45, 7) is 3.17. The van der Waals surface area contributed by atoms with E-state index in [0.29, 0.717) is 31.7 Å². The number of carbonyl (C=O) groups is 1. The van der Waals surface area contributed by atoms with Crippen LogP contribution in [0, 0.1) is 18.2 Å². The number of rotatable bonds is 3. The maximum absolute atomic E-state index is 13.2. The van der Waals surface area contributed by atoms with Crippen LogP contribution in [0.2, 0.25) is 0 Å². The fourth-order valence-corrected chi connectivity index (χ4v) is 2.27. The van der Waals surface area contributed by atoms with Crippen molar-refractivity contribution in [3.63, 3.8) is 0 Å². The minimum atomic E-state index is -0.600. The Kier molecular flexibility index (Phi) is 4.17. The summed E-state index contributed by atoms with van der Waals surface area (Å²) in [6.07, 6.45) is 1.20. The summed E-state index contributed by atoms with van der Waals surface area (Å²) in [4.78, 5) is 12.4. The summed E-state index contributed by atoms with van der Waals surface area (Å²) in [5.74, 6) is -0.512. The van der Waals surface area contributed by atoms with Crippen molar-refractivity contribution in [2.45, 2.75) is 19.8 Å². The van der Waals surface area contributed by atoms with E-state index in [9.17, 15) is 9.18 Å². The van der Waals surface area contributed by atoms with E-state index < -0.39 is 5.41 Å². The highest BCUT2D eigenvalue weighted by molar-refractivity contribution is 5.96. The number of nitrogens with two attached hydrogens (primary N) is 1. The number of hydrogen-bond acceptors (Lipinski definition) is 3. The molecule has 1 aromatic carbocycles. The molecule has 2 rings (SSSR count). The summed E-state index contributed by atoms with van der Waals surface area (Å²) >= 11 is 0. The maximum atomic E-state index is 13.2. The van der Waals surface area contributed by atoms with Gasteiger partial charge in [0.2, 0.25) is 5.91 Å². The van der Waals surface area contributed by atoms with Crippen molar-refractivity contribution < 1.29 is 13.9 Å². The van der Waals surface area contributed by atoms with Gasteiger partial charge in [-0.3, -0.25) is 4.79 Å². The molecule has 5 heteroatoms. The van der Waals surface area contributed by atoms with Gasteiger partial charge in [0.1, 0.15) is 5.82 Å². The van der Waals surface area contributed by atoms with Crippen molar-refractivity contribution in [1.82, 2.24) is 0 Å². The van der Waals surface area contributed by atoms with E-state index in [1.165, 1.54) is 12.1 Å². The van der Waals surface area contributed by atoms with Crippen LogP contribution in [0.3, 0.4) is 0 Å². The molecular weight excluding hydrogens is 247 g/mol. The quantitative estimate of drug-likeness (QED) is 0.877. The zero-order valence-electron chi connectivity index (χ0n) is 11.0. The number of aryl methyl sites for hydroxylation is 1. The predicted molar refractivity (Wildman–Crippen MR) is 71.3 cm³/mol. The van der Waals surface area contributed by atoms with Crippen molar-refractivity contribution in [2.24, 2.45) is 11.1 Å². The molecule has 0 unspecified atom stereocenters. The summed E-state index contributed by atoms with van der Waals surface area (Å²) in [6, 6.07) is 4.35. The molecule has 0 bridgehead atoms. The van der Waals surface area contributed by atoms with E-state index >= 15 is 0 Å². The minimum absolute atomic E-state index is 0.146. The molecule has 0 radical (unpaired) electrons. The molecule has 0 aromatic heterocycles. The Hall–Kier alpha value is -1.46. The van der Waals surface area contributed by atoms with Gasteiger partial charge in [-0.05, 0) is 37.5 Å². The number of nitrogens with one attached hydrogen (secondary N) is 1. The Morgan fingerprint density at radius 1 is 1.47 bits per heavy atom. The lowest BCUT2D eigenvalue weighted by atomic mass is 9.79. The first-order valence-electron chi connectivity index (χ1n) is 6.43. The molecule has 19 heavy (non-hydrogen) atoms. The largest absolute Gasteiger partial charge is 0.381 e. The third kappa shape index (κ3) is 2.93. The predicted octanol–water partition coefficient (Wildman–Crippen LogP) is 1.83. The van der Waals surface area contributed by atoms with Gasteiger partial charge < -0.3 is 15.8 Å². The average Bonchev–Trinajstić information content (AvgIpc) is 2.43. The topological polar surface area (TPSA) is 64.4 Å². The number of ether oxygens (including phenoxy) is 1. The maximum Gasteiger partial charge on any atom is 0.232 e. The van der Waals surface area contributed by atoms with Crippen LogP contribution in [0.1, 0.15) is 18.4 Å². The monoisotopic (exact) mass is 266 g/mol. The number of amides is 1. The number of anilines is 1. The summed E-state index contributed by atoms with van der Waals surface area (Å²) < 4.78 is 18.5. The second kappa shape index (κ2) is 5.67. The molecule has 0 spiro atoms. The Bertz CT molecular complexity index is 471. The van der Waals surface area contributed by atoms with Gasteiger partial charge in [0.15, 0.2) is 0 Å². The van der Waals surface area contributed by atoms with E-state index in [1.807, 2.05) is 6.92 Å². The lowest BCUT2D eigenvalue weighted by Gasteiger charge is -2.34. The standard InChI is InChI=1S/C14H19FN2O2/c1-10-2-3-11(15)8-12(10)17-13(18)14(9-16)4-6-19-7-5-14/h2-3,8H,4-7,9,16H2,1H3,(H,17,18). The highest BCUT2D eigenvalue weighted by Gasteiger charge is 2.38. The van der Waals surface area contributed by atoms with Gasteiger partial charge in [-0.25, -0.2) is 4.39 Å². The Labute approximate surface area is 112 Å². The van der Waals surface area contributed by atoms with Crippen LogP contribution in [-0.2, 0) is 9.53 Å². The van der Waals surface area contributed by atoms with Crippen LogP contribution in [0.15, 0.2) is 18.2 Å². The number of benzene rings is 1. The summed E-state index contributed by atoms with van der Waals surface area (Å²) in [5, 5.41) is 2.80. The van der Waals surface area contributed by atoms with Gasteiger partial charge in [0.25, 0.3) is 0 Å². The molecule has 1 aromatic rings. The molecule has 0 saturated carbocycles. The normalized spacial score (nSPS) is 18.1. The van der Waals surface area contributed by atoms with Gasteiger partial charge in [-0.1, -0.05) is 6.07 Å². The van der Waals surface area contributed by atoms with Gasteiger partial charge in [-0.2, -0.15) is 0 Å². The van der Waals surface area contributed by atoms with E-state index in [2.05, 4.69) is 5.32 Å². The lowest BCUT2D eigenvalue weighted by Crippen LogP contribution is -2.46. The van der Waals surface area contributed by atoms with Crippen molar-refractivity contribution in [1.29, 1.82) is 0 Å². The van der Waals surface area contributed by atoms with Crippen LogP contribution in [0.5, 0.6) is 0 Å². The highest BCUT2D eigenvalue weighted by atomic mass is 19.1. The van der Waals surface area contributed by atoms with Crippen LogP contribution >= 0.6 is 0 Å². The molecule has 0 atom stereocenters. The number of carbonyl (C=O) groups excluding carboxylic acids is 1. The van der Waals surface area contributed by atoms with Crippen molar-refractivity contribution in [3.8, 4) is 0 Å². The highest BCUT2D eigenvalue weighted by Crippen LogP contribution is 2.31. The number of halogens is 1. The average molecular weight is 266 g/mol. The van der Waals surface area contributed by atoms with E-state index in [-0.39, 0.29) is 18.3 Å².